The number of nitrogens with zero attached hydrogens (tertiary/aromatic N) is 2. The highest BCUT2D eigenvalue weighted by Crippen LogP contribution is 2.22. The fourth-order valence-corrected chi connectivity index (χ4v) is 2.56. The first kappa shape index (κ1) is 14.3. The summed E-state index contributed by atoms with van der Waals surface area (Å²) < 4.78 is 15.9. The second-order valence-electron chi connectivity index (χ2n) is 5.14. The van der Waals surface area contributed by atoms with Crippen molar-refractivity contribution in [1.29, 1.82) is 0 Å². The molecule has 0 bridgehead atoms. The number of imidazole rings is 1. The number of para-hydroxylation sites is 2. The Morgan fingerprint density at radius 3 is 2.73 bits per heavy atom. The lowest BCUT2D eigenvalue weighted by atomic mass is 10.2. The Balaban J connectivity index is 2.11. The molecule has 0 spiro atoms. The Hall–Kier alpha value is -2.69. The van der Waals surface area contributed by atoms with Crippen LogP contribution in [-0.4, -0.2) is 16.0 Å². The standard InChI is InChI=1S/C17H16FN3O/c1-12(19-11-22)17-20-15-8-4-5-9-16(15)21(17)10-13-6-2-3-7-14(13)18/h2-9,11-12H,10H2,1H3,(H,19,22)/t12-/m1/s1. The molecule has 0 aliphatic rings. The number of aromatic nitrogens is 2. The summed E-state index contributed by atoms with van der Waals surface area (Å²) in [5.41, 5.74) is 2.33. The lowest BCUT2D eigenvalue weighted by molar-refractivity contribution is -0.110. The molecule has 22 heavy (non-hydrogen) atoms. The predicted octanol–water partition coefficient (Wildman–Crippen LogP) is 3.03. The van der Waals surface area contributed by atoms with Gasteiger partial charge in [0.2, 0.25) is 6.41 Å². The molecule has 2 aromatic carbocycles. The van der Waals surface area contributed by atoms with Gasteiger partial charge in [-0.25, -0.2) is 9.37 Å². The van der Waals surface area contributed by atoms with E-state index in [1.54, 1.807) is 12.1 Å². The van der Waals surface area contributed by atoms with Gasteiger partial charge in [0.25, 0.3) is 0 Å². The molecular weight excluding hydrogens is 281 g/mol. The van der Waals surface area contributed by atoms with E-state index in [4.69, 9.17) is 0 Å². The van der Waals surface area contributed by atoms with Crippen LogP contribution in [0, 0.1) is 5.82 Å². The van der Waals surface area contributed by atoms with E-state index in [9.17, 15) is 9.18 Å². The molecule has 0 aliphatic heterocycles. The lowest BCUT2D eigenvalue weighted by Gasteiger charge is -2.14. The third-order valence-corrected chi connectivity index (χ3v) is 3.68. The van der Waals surface area contributed by atoms with Crippen LogP contribution in [0.4, 0.5) is 4.39 Å². The van der Waals surface area contributed by atoms with E-state index in [-0.39, 0.29) is 11.9 Å². The number of nitrogens with one attached hydrogen (secondary N) is 1. The van der Waals surface area contributed by atoms with Gasteiger partial charge in [0.05, 0.1) is 23.6 Å². The van der Waals surface area contributed by atoms with Gasteiger partial charge in [0.1, 0.15) is 11.6 Å². The van der Waals surface area contributed by atoms with Crippen LogP contribution in [0.5, 0.6) is 0 Å². The van der Waals surface area contributed by atoms with E-state index in [0.29, 0.717) is 24.3 Å². The van der Waals surface area contributed by atoms with Gasteiger partial charge in [-0.05, 0) is 25.1 Å². The summed E-state index contributed by atoms with van der Waals surface area (Å²) in [6, 6.07) is 14.1. The highest BCUT2D eigenvalue weighted by molar-refractivity contribution is 5.76. The normalized spacial score (nSPS) is 12.3. The summed E-state index contributed by atoms with van der Waals surface area (Å²) in [4.78, 5) is 15.3. The molecule has 4 nitrogen and oxygen atoms in total. The van der Waals surface area contributed by atoms with Crippen LogP contribution in [-0.2, 0) is 11.3 Å². The number of carbonyl (C=O) groups excluding carboxylic acids is 1. The molecule has 0 radical (unpaired) electrons. The summed E-state index contributed by atoms with van der Waals surface area (Å²) in [5, 5.41) is 2.71. The highest BCUT2D eigenvalue weighted by atomic mass is 19.1. The predicted molar refractivity (Wildman–Crippen MR) is 82.8 cm³/mol. The summed E-state index contributed by atoms with van der Waals surface area (Å²) in [6.45, 7) is 2.22. The minimum Gasteiger partial charge on any atom is -0.349 e. The number of rotatable bonds is 5. The first-order chi connectivity index (χ1) is 10.7. The Morgan fingerprint density at radius 2 is 1.95 bits per heavy atom. The number of hydrogen-bond acceptors (Lipinski definition) is 2. The van der Waals surface area contributed by atoms with Gasteiger partial charge < -0.3 is 9.88 Å². The molecule has 0 aliphatic carbocycles. The Kier molecular flexibility index (Phi) is 3.87. The maximum Gasteiger partial charge on any atom is 0.207 e. The zero-order valence-electron chi connectivity index (χ0n) is 12.2. The van der Waals surface area contributed by atoms with Crippen LogP contribution < -0.4 is 5.32 Å². The summed E-state index contributed by atoms with van der Waals surface area (Å²) in [5.74, 6) is 0.457. The van der Waals surface area contributed by atoms with Gasteiger partial charge >= 0.3 is 0 Å². The van der Waals surface area contributed by atoms with Crippen molar-refractivity contribution < 1.29 is 9.18 Å². The molecule has 3 rings (SSSR count). The Bertz CT molecular complexity index is 813. The molecular formula is C17H16FN3O. The van der Waals surface area contributed by atoms with Crippen molar-refractivity contribution in [3.63, 3.8) is 0 Å². The van der Waals surface area contributed by atoms with Crippen molar-refractivity contribution in [1.82, 2.24) is 14.9 Å². The monoisotopic (exact) mass is 297 g/mol. The second kappa shape index (κ2) is 5.97. The van der Waals surface area contributed by atoms with E-state index >= 15 is 0 Å². The minimum absolute atomic E-state index is 0.248. The Labute approximate surface area is 127 Å². The maximum absolute atomic E-state index is 14.0. The number of hydrogen-bond donors (Lipinski definition) is 1. The topological polar surface area (TPSA) is 46.9 Å². The molecule has 3 aromatic rings. The van der Waals surface area contributed by atoms with Crippen molar-refractivity contribution in [3.05, 3.63) is 65.7 Å². The highest BCUT2D eigenvalue weighted by Gasteiger charge is 2.17. The molecule has 0 saturated carbocycles. The number of carbonyl (C=O) groups is 1. The third kappa shape index (κ3) is 2.57. The van der Waals surface area contributed by atoms with Gasteiger partial charge in [-0.15, -0.1) is 0 Å². The minimum atomic E-state index is -0.253. The second-order valence-corrected chi connectivity index (χ2v) is 5.14. The summed E-state index contributed by atoms with van der Waals surface area (Å²) >= 11 is 0. The smallest absolute Gasteiger partial charge is 0.207 e. The molecule has 1 atom stereocenters. The Morgan fingerprint density at radius 1 is 1.23 bits per heavy atom. The van der Waals surface area contributed by atoms with Gasteiger partial charge in [0.15, 0.2) is 0 Å². The lowest BCUT2D eigenvalue weighted by Crippen LogP contribution is -2.21. The number of benzene rings is 2. The van der Waals surface area contributed by atoms with E-state index in [0.717, 1.165) is 11.0 Å². The zero-order chi connectivity index (χ0) is 15.5. The first-order valence-corrected chi connectivity index (χ1v) is 7.09. The number of halogens is 1. The van der Waals surface area contributed by atoms with Crippen molar-refractivity contribution in [2.45, 2.75) is 19.5 Å². The quantitative estimate of drug-likeness (QED) is 0.736. The van der Waals surface area contributed by atoms with Crippen LogP contribution in [0.3, 0.4) is 0 Å². The summed E-state index contributed by atoms with van der Waals surface area (Å²) in [7, 11) is 0. The maximum atomic E-state index is 14.0. The number of fused-ring (bicyclic) bond motifs is 1. The molecule has 0 fully saturated rings. The van der Waals surface area contributed by atoms with E-state index < -0.39 is 0 Å². The molecule has 1 aromatic heterocycles. The van der Waals surface area contributed by atoms with E-state index in [1.807, 2.05) is 41.8 Å². The first-order valence-electron chi connectivity index (χ1n) is 7.09. The molecule has 1 amide bonds. The van der Waals surface area contributed by atoms with Crippen molar-refractivity contribution >= 4 is 17.4 Å². The van der Waals surface area contributed by atoms with E-state index in [2.05, 4.69) is 10.3 Å². The number of amides is 1. The summed E-state index contributed by atoms with van der Waals surface area (Å²) in [6.07, 6.45) is 0.650. The average Bonchev–Trinajstić information content (AvgIpc) is 2.89. The fourth-order valence-electron chi connectivity index (χ4n) is 2.56. The third-order valence-electron chi connectivity index (χ3n) is 3.68. The van der Waals surface area contributed by atoms with Crippen molar-refractivity contribution in [2.75, 3.05) is 0 Å². The van der Waals surface area contributed by atoms with Gasteiger partial charge in [-0.2, -0.15) is 0 Å². The van der Waals surface area contributed by atoms with Gasteiger partial charge in [-0.1, -0.05) is 30.3 Å². The van der Waals surface area contributed by atoms with Crippen LogP contribution in [0.1, 0.15) is 24.4 Å². The van der Waals surface area contributed by atoms with Crippen LogP contribution in [0.2, 0.25) is 0 Å². The largest absolute Gasteiger partial charge is 0.349 e. The average molecular weight is 297 g/mol. The molecule has 0 saturated heterocycles. The van der Waals surface area contributed by atoms with Crippen LogP contribution in [0.15, 0.2) is 48.5 Å². The van der Waals surface area contributed by atoms with Crippen molar-refractivity contribution in [3.8, 4) is 0 Å². The van der Waals surface area contributed by atoms with Gasteiger partial charge in [-0.3, -0.25) is 4.79 Å². The molecule has 5 heteroatoms. The molecule has 0 unspecified atom stereocenters. The van der Waals surface area contributed by atoms with E-state index in [1.165, 1.54) is 6.07 Å². The van der Waals surface area contributed by atoms with Crippen LogP contribution in [0.25, 0.3) is 11.0 Å². The zero-order valence-corrected chi connectivity index (χ0v) is 12.2. The SMILES string of the molecule is C[C@@H](NC=O)c1nc2ccccc2n1Cc1ccccc1F. The fraction of sp³-hybridized carbons (Fsp3) is 0.176. The van der Waals surface area contributed by atoms with Crippen molar-refractivity contribution in [2.24, 2.45) is 0 Å². The molecule has 1 N–H and O–H groups in total. The van der Waals surface area contributed by atoms with Gasteiger partial charge in [0, 0.05) is 5.56 Å². The molecule has 112 valence electrons. The van der Waals surface area contributed by atoms with Crippen LogP contribution >= 0.6 is 0 Å². The molecule has 1 heterocycles.